The average Bonchev–Trinajstić information content (AvgIpc) is 3.05. The lowest BCUT2D eigenvalue weighted by Crippen LogP contribution is -2.13. The smallest absolute Gasteiger partial charge is 0.264 e. The highest BCUT2D eigenvalue weighted by Gasteiger charge is 2.35. The number of pyridine rings is 1. The zero-order valence-corrected chi connectivity index (χ0v) is 13.6. The van der Waals surface area contributed by atoms with Gasteiger partial charge in [0.15, 0.2) is 11.5 Å². The Morgan fingerprint density at radius 1 is 0.962 bits per heavy atom. The molecule has 0 aliphatic rings. The van der Waals surface area contributed by atoms with E-state index in [9.17, 15) is 13.2 Å². The van der Waals surface area contributed by atoms with Gasteiger partial charge in [-0.05, 0) is 25.1 Å². The molecule has 0 aliphatic carbocycles. The molecular weight excluding hydrogens is 343 g/mol. The third-order valence-electron chi connectivity index (χ3n) is 3.87. The van der Waals surface area contributed by atoms with E-state index in [-0.39, 0.29) is 17.3 Å². The van der Waals surface area contributed by atoms with E-state index >= 15 is 0 Å². The van der Waals surface area contributed by atoms with Gasteiger partial charge in [0.1, 0.15) is 0 Å². The summed E-state index contributed by atoms with van der Waals surface area (Å²) in [4.78, 5) is 12.4. The Hall–Kier alpha value is -3.29. The number of nitrogens with zero attached hydrogens (tertiary/aromatic N) is 5. The summed E-state index contributed by atoms with van der Waals surface area (Å²) in [5, 5.41) is 3.98. The van der Waals surface area contributed by atoms with Crippen LogP contribution in [0.1, 0.15) is 11.3 Å². The number of rotatable bonds is 2. The van der Waals surface area contributed by atoms with Crippen molar-refractivity contribution in [2.75, 3.05) is 0 Å². The summed E-state index contributed by atoms with van der Waals surface area (Å²) in [7, 11) is 0. The van der Waals surface area contributed by atoms with Crippen LogP contribution < -0.4 is 0 Å². The number of fused-ring (bicyclic) bond motifs is 1. The van der Waals surface area contributed by atoms with Crippen molar-refractivity contribution in [1.29, 1.82) is 0 Å². The third kappa shape index (κ3) is 2.90. The van der Waals surface area contributed by atoms with E-state index in [1.807, 2.05) is 19.1 Å². The SMILES string of the molecule is Cc1ccc(-c2cc(C(F)(F)F)n3nc(-c4cccnc4)nc3n2)cc1. The van der Waals surface area contributed by atoms with Crippen LogP contribution in [0.25, 0.3) is 28.4 Å². The number of hydrogen-bond donors (Lipinski definition) is 0. The molecular formula is C18H12F3N5. The summed E-state index contributed by atoms with van der Waals surface area (Å²) in [6.45, 7) is 1.90. The van der Waals surface area contributed by atoms with Crippen molar-refractivity contribution in [3.63, 3.8) is 0 Å². The van der Waals surface area contributed by atoms with Crippen molar-refractivity contribution in [1.82, 2.24) is 24.6 Å². The van der Waals surface area contributed by atoms with E-state index < -0.39 is 11.9 Å². The zero-order valence-electron chi connectivity index (χ0n) is 13.6. The lowest BCUT2D eigenvalue weighted by molar-refractivity contribution is -0.142. The third-order valence-corrected chi connectivity index (χ3v) is 3.87. The van der Waals surface area contributed by atoms with Crippen LogP contribution in [0.15, 0.2) is 54.9 Å². The average molecular weight is 355 g/mol. The molecule has 0 spiro atoms. The number of benzene rings is 1. The van der Waals surface area contributed by atoms with Gasteiger partial charge in [0.2, 0.25) is 0 Å². The largest absolute Gasteiger partial charge is 0.433 e. The molecule has 5 nitrogen and oxygen atoms in total. The van der Waals surface area contributed by atoms with Crippen molar-refractivity contribution in [2.24, 2.45) is 0 Å². The van der Waals surface area contributed by atoms with E-state index in [0.29, 0.717) is 11.1 Å². The minimum absolute atomic E-state index is 0.116. The van der Waals surface area contributed by atoms with E-state index in [1.54, 1.807) is 30.5 Å². The van der Waals surface area contributed by atoms with Gasteiger partial charge in [0, 0.05) is 23.5 Å². The van der Waals surface area contributed by atoms with Crippen molar-refractivity contribution in [2.45, 2.75) is 13.1 Å². The number of alkyl halides is 3. The summed E-state index contributed by atoms with van der Waals surface area (Å²) in [5.74, 6) is 0.0198. The molecule has 0 atom stereocenters. The topological polar surface area (TPSA) is 56.0 Å². The standard InChI is InChI=1S/C18H12F3N5/c1-11-4-6-12(7-5-11)14-9-15(18(19,20)21)26-17(23-14)24-16(25-26)13-3-2-8-22-10-13/h2-10H,1H3. The molecule has 3 aromatic heterocycles. The summed E-state index contributed by atoms with van der Waals surface area (Å²) in [6, 6.07) is 11.4. The van der Waals surface area contributed by atoms with E-state index in [0.717, 1.165) is 16.1 Å². The monoisotopic (exact) mass is 355 g/mol. The van der Waals surface area contributed by atoms with E-state index in [4.69, 9.17) is 0 Å². The molecule has 0 bridgehead atoms. The maximum Gasteiger partial charge on any atom is 0.433 e. The molecule has 0 saturated heterocycles. The van der Waals surface area contributed by atoms with Crippen molar-refractivity contribution in [3.05, 3.63) is 66.1 Å². The predicted octanol–water partition coefficient (Wildman–Crippen LogP) is 4.18. The number of halogens is 3. The lowest BCUT2D eigenvalue weighted by atomic mass is 10.1. The van der Waals surface area contributed by atoms with Gasteiger partial charge >= 0.3 is 6.18 Å². The molecule has 0 unspecified atom stereocenters. The fourth-order valence-electron chi connectivity index (χ4n) is 2.56. The first-order chi connectivity index (χ1) is 12.4. The quantitative estimate of drug-likeness (QED) is 0.541. The van der Waals surface area contributed by atoms with Gasteiger partial charge in [-0.25, -0.2) is 4.98 Å². The Morgan fingerprint density at radius 3 is 2.38 bits per heavy atom. The fraction of sp³-hybridized carbons (Fsp3) is 0.111. The molecule has 4 aromatic rings. The molecule has 0 amide bonds. The molecule has 0 N–H and O–H groups in total. The molecule has 0 aliphatic heterocycles. The number of hydrogen-bond acceptors (Lipinski definition) is 4. The Bertz CT molecular complexity index is 1070. The van der Waals surface area contributed by atoms with Gasteiger partial charge < -0.3 is 0 Å². The number of aromatic nitrogens is 5. The van der Waals surface area contributed by atoms with Gasteiger partial charge in [-0.2, -0.15) is 22.7 Å². The Balaban J connectivity index is 1.95. The van der Waals surface area contributed by atoms with E-state index in [2.05, 4.69) is 20.1 Å². The first-order valence-electron chi connectivity index (χ1n) is 7.74. The van der Waals surface area contributed by atoms with Crippen molar-refractivity contribution in [3.8, 4) is 22.6 Å². The second-order valence-corrected chi connectivity index (χ2v) is 5.78. The molecule has 3 heterocycles. The van der Waals surface area contributed by atoms with Crippen LogP contribution in [0.5, 0.6) is 0 Å². The van der Waals surface area contributed by atoms with Gasteiger partial charge in [0.05, 0.1) is 5.69 Å². The molecule has 4 rings (SSSR count). The molecule has 1 aromatic carbocycles. The molecule has 26 heavy (non-hydrogen) atoms. The summed E-state index contributed by atoms with van der Waals surface area (Å²) < 4.78 is 41.4. The van der Waals surface area contributed by atoms with Gasteiger partial charge in [-0.3, -0.25) is 4.98 Å². The molecule has 130 valence electrons. The fourth-order valence-corrected chi connectivity index (χ4v) is 2.56. The first kappa shape index (κ1) is 16.2. The molecule has 0 saturated carbocycles. The van der Waals surface area contributed by atoms with Gasteiger partial charge in [0.25, 0.3) is 5.78 Å². The molecule has 8 heteroatoms. The Morgan fingerprint density at radius 2 is 1.73 bits per heavy atom. The van der Waals surface area contributed by atoms with Gasteiger partial charge in [-0.15, -0.1) is 5.10 Å². The maximum absolute atomic E-state index is 13.6. The minimum atomic E-state index is -4.60. The normalized spacial score (nSPS) is 11.8. The maximum atomic E-state index is 13.6. The first-order valence-corrected chi connectivity index (χ1v) is 7.74. The summed E-state index contributed by atoms with van der Waals surface area (Å²) >= 11 is 0. The van der Waals surface area contributed by atoms with Crippen LogP contribution in [0.3, 0.4) is 0 Å². The lowest BCUT2D eigenvalue weighted by Gasteiger charge is -2.10. The highest BCUT2D eigenvalue weighted by atomic mass is 19.4. The molecule has 0 radical (unpaired) electrons. The Labute approximate surface area is 146 Å². The second kappa shape index (κ2) is 5.91. The summed E-state index contributed by atoms with van der Waals surface area (Å²) in [6.07, 6.45) is -1.54. The minimum Gasteiger partial charge on any atom is -0.264 e. The van der Waals surface area contributed by atoms with Crippen LogP contribution in [-0.2, 0) is 6.18 Å². The van der Waals surface area contributed by atoms with Gasteiger partial charge in [-0.1, -0.05) is 29.8 Å². The van der Waals surface area contributed by atoms with Crippen LogP contribution in [0.2, 0.25) is 0 Å². The van der Waals surface area contributed by atoms with Crippen LogP contribution in [0, 0.1) is 6.92 Å². The van der Waals surface area contributed by atoms with E-state index in [1.165, 1.54) is 6.20 Å². The van der Waals surface area contributed by atoms with Crippen LogP contribution in [0.4, 0.5) is 13.2 Å². The summed E-state index contributed by atoms with van der Waals surface area (Å²) in [5.41, 5.74) is 1.36. The molecule has 0 fully saturated rings. The second-order valence-electron chi connectivity index (χ2n) is 5.78. The highest BCUT2D eigenvalue weighted by molar-refractivity contribution is 5.63. The van der Waals surface area contributed by atoms with Crippen LogP contribution >= 0.6 is 0 Å². The highest BCUT2D eigenvalue weighted by Crippen LogP contribution is 2.32. The zero-order chi connectivity index (χ0) is 18.3. The number of aryl methyl sites for hydroxylation is 1. The predicted molar refractivity (Wildman–Crippen MR) is 89.2 cm³/mol. The van der Waals surface area contributed by atoms with Crippen molar-refractivity contribution < 1.29 is 13.2 Å². The van der Waals surface area contributed by atoms with Crippen LogP contribution in [-0.4, -0.2) is 24.6 Å². The Kier molecular flexibility index (Phi) is 3.68. The van der Waals surface area contributed by atoms with Crippen molar-refractivity contribution >= 4 is 5.78 Å².